The van der Waals surface area contributed by atoms with Gasteiger partial charge in [0.1, 0.15) is 0 Å². The molecule has 1 unspecified atom stereocenters. The number of nitrogens with zero attached hydrogens (tertiary/aromatic N) is 1. The van der Waals surface area contributed by atoms with Crippen molar-refractivity contribution in [3.63, 3.8) is 0 Å². The van der Waals surface area contributed by atoms with Crippen molar-refractivity contribution in [2.45, 2.75) is 32.8 Å². The van der Waals surface area contributed by atoms with E-state index in [0.717, 1.165) is 22.0 Å². The summed E-state index contributed by atoms with van der Waals surface area (Å²) in [6, 6.07) is 2.09. The standard InChI is InChI=1S/C12H15NOS2/c1-3-9-4-5-15-12(9)11(14)6-10-7-16-8(2)13-10/h4-5,7,11,14H,3,6H2,1-2H3. The van der Waals surface area contributed by atoms with Gasteiger partial charge in [-0.2, -0.15) is 0 Å². The highest BCUT2D eigenvalue weighted by atomic mass is 32.1. The zero-order chi connectivity index (χ0) is 11.5. The molecule has 0 aliphatic carbocycles. The van der Waals surface area contributed by atoms with Crippen LogP contribution in [0.1, 0.15) is 34.2 Å². The molecule has 0 amide bonds. The Bertz CT molecular complexity index is 461. The summed E-state index contributed by atoms with van der Waals surface area (Å²) in [5, 5.41) is 15.3. The van der Waals surface area contributed by atoms with Gasteiger partial charge in [-0.3, -0.25) is 0 Å². The molecule has 0 radical (unpaired) electrons. The van der Waals surface area contributed by atoms with Gasteiger partial charge in [-0.1, -0.05) is 6.92 Å². The number of rotatable bonds is 4. The van der Waals surface area contributed by atoms with Crippen molar-refractivity contribution < 1.29 is 5.11 Å². The van der Waals surface area contributed by atoms with Crippen LogP contribution in [0.4, 0.5) is 0 Å². The summed E-state index contributed by atoms with van der Waals surface area (Å²) >= 11 is 3.27. The highest BCUT2D eigenvalue weighted by Gasteiger charge is 2.14. The second-order valence-corrected chi connectivity index (χ2v) is 5.75. The van der Waals surface area contributed by atoms with Crippen LogP contribution < -0.4 is 0 Å². The van der Waals surface area contributed by atoms with Crippen molar-refractivity contribution in [1.82, 2.24) is 4.98 Å². The van der Waals surface area contributed by atoms with Crippen molar-refractivity contribution in [3.05, 3.63) is 38.0 Å². The van der Waals surface area contributed by atoms with Crippen molar-refractivity contribution in [2.75, 3.05) is 0 Å². The van der Waals surface area contributed by atoms with Crippen LogP contribution in [-0.2, 0) is 12.8 Å². The highest BCUT2D eigenvalue weighted by molar-refractivity contribution is 7.10. The molecule has 0 aromatic carbocycles. The molecule has 2 heterocycles. The molecule has 0 saturated heterocycles. The largest absolute Gasteiger partial charge is 0.387 e. The molecular formula is C12H15NOS2. The maximum atomic E-state index is 10.2. The Morgan fingerprint density at radius 3 is 2.88 bits per heavy atom. The topological polar surface area (TPSA) is 33.1 Å². The van der Waals surface area contributed by atoms with Crippen LogP contribution in [0, 0.1) is 6.92 Å². The third-order valence-corrected chi connectivity index (χ3v) is 4.42. The molecule has 0 aliphatic heterocycles. The van der Waals surface area contributed by atoms with Crippen molar-refractivity contribution >= 4 is 22.7 Å². The summed E-state index contributed by atoms with van der Waals surface area (Å²) in [6.45, 7) is 4.11. The number of aliphatic hydroxyl groups excluding tert-OH is 1. The van der Waals surface area contributed by atoms with Gasteiger partial charge >= 0.3 is 0 Å². The fourth-order valence-corrected chi connectivity index (χ4v) is 3.33. The Balaban J connectivity index is 2.11. The molecule has 2 aromatic heterocycles. The van der Waals surface area contributed by atoms with Crippen molar-refractivity contribution in [1.29, 1.82) is 0 Å². The number of aliphatic hydroxyl groups is 1. The number of aromatic nitrogens is 1. The predicted molar refractivity (Wildman–Crippen MR) is 69.2 cm³/mol. The predicted octanol–water partition coefficient (Wildman–Crippen LogP) is 3.35. The lowest BCUT2D eigenvalue weighted by atomic mass is 10.1. The lowest BCUT2D eigenvalue weighted by Gasteiger charge is -2.09. The van der Waals surface area contributed by atoms with Crippen molar-refractivity contribution in [2.24, 2.45) is 0 Å². The number of hydrogen-bond donors (Lipinski definition) is 1. The first-order chi connectivity index (χ1) is 7.70. The Morgan fingerprint density at radius 2 is 2.25 bits per heavy atom. The van der Waals surface area contributed by atoms with Gasteiger partial charge < -0.3 is 5.11 Å². The van der Waals surface area contributed by atoms with Gasteiger partial charge in [0.05, 0.1) is 16.8 Å². The average molecular weight is 253 g/mol. The van der Waals surface area contributed by atoms with Gasteiger partial charge in [-0.15, -0.1) is 22.7 Å². The number of thiophene rings is 1. The maximum absolute atomic E-state index is 10.2. The molecule has 0 aliphatic rings. The van der Waals surface area contributed by atoms with E-state index in [9.17, 15) is 5.11 Å². The van der Waals surface area contributed by atoms with E-state index in [1.807, 2.05) is 17.7 Å². The van der Waals surface area contributed by atoms with Gasteiger partial charge in [0, 0.05) is 16.7 Å². The van der Waals surface area contributed by atoms with Gasteiger partial charge in [0.25, 0.3) is 0 Å². The van der Waals surface area contributed by atoms with E-state index < -0.39 is 6.10 Å². The molecule has 1 N–H and O–H groups in total. The summed E-state index contributed by atoms with van der Waals surface area (Å²) in [6.07, 6.45) is 1.19. The summed E-state index contributed by atoms with van der Waals surface area (Å²) in [4.78, 5) is 5.47. The quantitative estimate of drug-likeness (QED) is 0.906. The van der Waals surface area contributed by atoms with Gasteiger partial charge in [-0.25, -0.2) is 4.98 Å². The Morgan fingerprint density at radius 1 is 1.44 bits per heavy atom. The van der Waals surface area contributed by atoms with E-state index in [1.165, 1.54) is 5.56 Å². The van der Waals surface area contributed by atoms with E-state index in [1.54, 1.807) is 22.7 Å². The SMILES string of the molecule is CCc1ccsc1C(O)Cc1csc(C)n1. The monoisotopic (exact) mass is 253 g/mol. The lowest BCUT2D eigenvalue weighted by molar-refractivity contribution is 0.180. The summed E-state index contributed by atoms with van der Waals surface area (Å²) in [5.41, 5.74) is 2.25. The van der Waals surface area contributed by atoms with E-state index in [4.69, 9.17) is 0 Å². The van der Waals surface area contributed by atoms with Crippen LogP contribution in [0.2, 0.25) is 0 Å². The van der Waals surface area contributed by atoms with Gasteiger partial charge in [-0.05, 0) is 30.4 Å². The van der Waals surface area contributed by atoms with E-state index >= 15 is 0 Å². The highest BCUT2D eigenvalue weighted by Crippen LogP contribution is 2.27. The first kappa shape index (κ1) is 11.8. The van der Waals surface area contributed by atoms with Gasteiger partial charge in [0.2, 0.25) is 0 Å². The van der Waals surface area contributed by atoms with E-state index in [2.05, 4.69) is 18.0 Å². The fourth-order valence-electron chi connectivity index (χ4n) is 1.72. The Hall–Kier alpha value is -0.710. The van der Waals surface area contributed by atoms with Crippen LogP contribution in [-0.4, -0.2) is 10.1 Å². The minimum Gasteiger partial charge on any atom is -0.387 e. The molecule has 2 nitrogen and oxygen atoms in total. The first-order valence-corrected chi connectivity index (χ1v) is 7.12. The van der Waals surface area contributed by atoms with Crippen LogP contribution in [0.5, 0.6) is 0 Å². The van der Waals surface area contributed by atoms with Crippen LogP contribution in [0.25, 0.3) is 0 Å². The number of thiazole rings is 1. The molecule has 0 fully saturated rings. The molecule has 4 heteroatoms. The molecule has 0 bridgehead atoms. The van der Waals surface area contributed by atoms with Gasteiger partial charge in [0.15, 0.2) is 0 Å². The third-order valence-electron chi connectivity index (χ3n) is 2.53. The van der Waals surface area contributed by atoms with E-state index in [0.29, 0.717) is 6.42 Å². The molecule has 0 spiro atoms. The number of hydrogen-bond acceptors (Lipinski definition) is 4. The zero-order valence-corrected chi connectivity index (χ0v) is 11.1. The van der Waals surface area contributed by atoms with E-state index in [-0.39, 0.29) is 0 Å². The van der Waals surface area contributed by atoms with Crippen LogP contribution in [0.15, 0.2) is 16.8 Å². The normalized spacial score (nSPS) is 12.9. The molecule has 0 saturated carbocycles. The summed E-state index contributed by atoms with van der Waals surface area (Å²) in [5.74, 6) is 0. The lowest BCUT2D eigenvalue weighted by Crippen LogP contribution is -2.02. The fraction of sp³-hybridized carbons (Fsp3) is 0.417. The molecule has 2 aromatic rings. The number of aryl methyl sites for hydroxylation is 2. The minimum atomic E-state index is -0.406. The summed E-state index contributed by atoms with van der Waals surface area (Å²) < 4.78 is 0. The molecule has 86 valence electrons. The Kier molecular flexibility index (Phi) is 3.74. The molecule has 2 rings (SSSR count). The summed E-state index contributed by atoms with van der Waals surface area (Å²) in [7, 11) is 0. The zero-order valence-electron chi connectivity index (χ0n) is 9.43. The van der Waals surface area contributed by atoms with Crippen molar-refractivity contribution in [3.8, 4) is 0 Å². The Labute approximate surface area is 104 Å². The molecule has 16 heavy (non-hydrogen) atoms. The maximum Gasteiger partial charge on any atom is 0.0940 e. The average Bonchev–Trinajstić information content (AvgIpc) is 2.86. The third kappa shape index (κ3) is 2.51. The molecule has 1 atom stereocenters. The second-order valence-electron chi connectivity index (χ2n) is 3.74. The molecular weight excluding hydrogens is 238 g/mol. The van der Waals surface area contributed by atoms with Crippen LogP contribution in [0.3, 0.4) is 0 Å². The van der Waals surface area contributed by atoms with Crippen LogP contribution >= 0.6 is 22.7 Å². The first-order valence-electron chi connectivity index (χ1n) is 5.36. The smallest absolute Gasteiger partial charge is 0.0940 e. The minimum absolute atomic E-state index is 0.406. The second kappa shape index (κ2) is 5.08.